The van der Waals surface area contributed by atoms with E-state index in [1.807, 2.05) is 6.92 Å². The summed E-state index contributed by atoms with van der Waals surface area (Å²) in [5, 5.41) is 5.50. The van der Waals surface area contributed by atoms with Gasteiger partial charge in [0.15, 0.2) is 0 Å². The van der Waals surface area contributed by atoms with Crippen LogP contribution in [0.25, 0.3) is 0 Å². The normalized spacial score (nSPS) is 11.0. The van der Waals surface area contributed by atoms with Gasteiger partial charge in [0.1, 0.15) is 12.3 Å². The Morgan fingerprint density at radius 3 is 2.34 bits per heavy atom. The summed E-state index contributed by atoms with van der Waals surface area (Å²) in [6, 6.07) is 19.6. The fraction of sp³-hybridized carbons (Fsp3) is 0.286. The number of benzene rings is 3. The molecular formula is C28H33N3O6S. The van der Waals surface area contributed by atoms with Gasteiger partial charge >= 0.3 is 0 Å². The number of methoxy groups -OCH3 is 1. The Labute approximate surface area is 223 Å². The number of hydrogen-bond acceptors (Lipinski definition) is 6. The van der Waals surface area contributed by atoms with Crippen LogP contribution in [0.4, 0.5) is 11.4 Å². The van der Waals surface area contributed by atoms with Crippen molar-refractivity contribution in [2.75, 3.05) is 43.0 Å². The van der Waals surface area contributed by atoms with E-state index >= 15 is 0 Å². The van der Waals surface area contributed by atoms with Crippen LogP contribution in [-0.2, 0) is 19.6 Å². The van der Waals surface area contributed by atoms with Gasteiger partial charge in [0, 0.05) is 20.3 Å². The Kier molecular flexibility index (Phi) is 10.3. The number of carbonyl (C=O) groups is 2. The number of carbonyl (C=O) groups excluding carboxylic acids is 2. The van der Waals surface area contributed by atoms with Crippen molar-refractivity contribution in [2.45, 2.75) is 25.2 Å². The van der Waals surface area contributed by atoms with E-state index in [9.17, 15) is 18.0 Å². The topological polar surface area (TPSA) is 114 Å². The van der Waals surface area contributed by atoms with Crippen LogP contribution in [-0.4, -0.2) is 53.6 Å². The predicted octanol–water partition coefficient (Wildman–Crippen LogP) is 3.99. The van der Waals surface area contributed by atoms with Crippen LogP contribution in [0.1, 0.15) is 29.3 Å². The monoisotopic (exact) mass is 539 g/mol. The highest BCUT2D eigenvalue weighted by molar-refractivity contribution is 7.92. The van der Waals surface area contributed by atoms with Crippen LogP contribution in [0.15, 0.2) is 77.7 Å². The molecule has 3 aromatic rings. The minimum Gasteiger partial charge on any atom is -0.492 e. The fourth-order valence-electron chi connectivity index (χ4n) is 3.70. The Morgan fingerprint density at radius 1 is 0.947 bits per heavy atom. The van der Waals surface area contributed by atoms with Crippen molar-refractivity contribution in [1.82, 2.24) is 5.32 Å². The van der Waals surface area contributed by atoms with Crippen LogP contribution >= 0.6 is 0 Å². The van der Waals surface area contributed by atoms with Crippen LogP contribution in [0.2, 0.25) is 0 Å². The largest absolute Gasteiger partial charge is 0.492 e. The van der Waals surface area contributed by atoms with Gasteiger partial charge < -0.3 is 20.1 Å². The van der Waals surface area contributed by atoms with Gasteiger partial charge in [-0.05, 0) is 56.7 Å². The molecule has 0 aliphatic heterocycles. The first-order chi connectivity index (χ1) is 18.3. The van der Waals surface area contributed by atoms with Crippen molar-refractivity contribution in [3.05, 3.63) is 83.9 Å². The molecule has 0 spiro atoms. The quantitative estimate of drug-likeness (QED) is 0.318. The van der Waals surface area contributed by atoms with Gasteiger partial charge in [-0.15, -0.1) is 0 Å². The summed E-state index contributed by atoms with van der Waals surface area (Å²) >= 11 is 0. The Hall–Kier alpha value is -3.89. The molecule has 0 aromatic heterocycles. The van der Waals surface area contributed by atoms with E-state index in [0.29, 0.717) is 31.9 Å². The standard InChI is InChI=1S/C28H33N3O6S/c1-4-37-26-13-8-7-12-25(26)31(38(34,35)22-16-14-21(2)15-17-22)20-27(32)30-24-11-6-5-10-23(24)28(33)29-18-9-19-36-3/h5-8,10-17H,4,9,18-20H2,1-3H3,(H,29,33)(H,30,32). The third-order valence-corrected chi connectivity index (χ3v) is 7.36. The molecule has 0 aliphatic carbocycles. The van der Waals surface area contributed by atoms with E-state index in [2.05, 4.69) is 10.6 Å². The SMILES string of the molecule is CCOc1ccccc1N(CC(=O)Nc1ccccc1C(=O)NCCCOC)S(=O)(=O)c1ccc(C)cc1. The summed E-state index contributed by atoms with van der Waals surface area (Å²) in [6.45, 7) is 4.34. The number of nitrogens with zero attached hydrogens (tertiary/aromatic N) is 1. The summed E-state index contributed by atoms with van der Waals surface area (Å²) in [6.07, 6.45) is 0.641. The number of aryl methyl sites for hydroxylation is 1. The van der Waals surface area contributed by atoms with Gasteiger partial charge in [0.25, 0.3) is 15.9 Å². The van der Waals surface area contributed by atoms with Gasteiger partial charge in [-0.3, -0.25) is 13.9 Å². The number of ether oxygens (including phenoxy) is 2. The third-order valence-electron chi connectivity index (χ3n) is 5.59. The lowest BCUT2D eigenvalue weighted by molar-refractivity contribution is -0.114. The molecule has 3 aromatic carbocycles. The van der Waals surface area contributed by atoms with Crippen LogP contribution in [0.3, 0.4) is 0 Å². The second-order valence-corrected chi connectivity index (χ2v) is 10.3. The summed E-state index contributed by atoms with van der Waals surface area (Å²) in [5.41, 5.74) is 1.67. The molecule has 0 saturated carbocycles. The van der Waals surface area contributed by atoms with Crippen molar-refractivity contribution in [2.24, 2.45) is 0 Å². The number of rotatable bonds is 13. The molecule has 202 valence electrons. The molecule has 0 radical (unpaired) electrons. The molecule has 2 N–H and O–H groups in total. The van der Waals surface area contributed by atoms with Crippen LogP contribution in [0, 0.1) is 6.92 Å². The van der Waals surface area contributed by atoms with Crippen molar-refractivity contribution in [3.8, 4) is 5.75 Å². The van der Waals surface area contributed by atoms with E-state index in [-0.39, 0.29) is 27.7 Å². The third kappa shape index (κ3) is 7.33. The smallest absolute Gasteiger partial charge is 0.264 e. The minimum atomic E-state index is -4.14. The van der Waals surface area contributed by atoms with Crippen molar-refractivity contribution < 1.29 is 27.5 Å². The maximum Gasteiger partial charge on any atom is 0.264 e. The molecule has 10 heteroatoms. The lowest BCUT2D eigenvalue weighted by Crippen LogP contribution is -2.38. The first-order valence-electron chi connectivity index (χ1n) is 12.2. The van der Waals surface area contributed by atoms with E-state index in [0.717, 1.165) is 9.87 Å². The minimum absolute atomic E-state index is 0.0399. The zero-order chi connectivity index (χ0) is 27.5. The van der Waals surface area contributed by atoms with Crippen LogP contribution < -0.4 is 19.7 Å². The number of sulfonamides is 1. The average molecular weight is 540 g/mol. The van der Waals surface area contributed by atoms with Gasteiger partial charge in [-0.25, -0.2) is 8.42 Å². The average Bonchev–Trinajstić information content (AvgIpc) is 2.91. The lowest BCUT2D eigenvalue weighted by Gasteiger charge is -2.26. The summed E-state index contributed by atoms with van der Waals surface area (Å²) in [5.74, 6) is -0.649. The van der Waals surface area contributed by atoms with Crippen molar-refractivity contribution in [1.29, 1.82) is 0 Å². The first kappa shape index (κ1) is 28.7. The predicted molar refractivity (Wildman–Crippen MR) is 147 cm³/mol. The zero-order valence-corrected chi connectivity index (χ0v) is 22.6. The molecule has 38 heavy (non-hydrogen) atoms. The molecule has 0 atom stereocenters. The number of anilines is 2. The van der Waals surface area contributed by atoms with Crippen LogP contribution in [0.5, 0.6) is 5.75 Å². The number of amides is 2. The molecule has 0 aliphatic rings. The molecule has 3 rings (SSSR count). The van der Waals surface area contributed by atoms with Gasteiger partial charge in [0.2, 0.25) is 5.91 Å². The molecular weight excluding hydrogens is 506 g/mol. The van der Waals surface area contributed by atoms with Gasteiger partial charge in [0.05, 0.1) is 28.4 Å². The molecule has 0 heterocycles. The fourth-order valence-corrected chi connectivity index (χ4v) is 5.13. The van der Waals surface area contributed by atoms with Gasteiger partial charge in [-0.2, -0.15) is 0 Å². The molecule has 0 unspecified atom stereocenters. The highest BCUT2D eigenvalue weighted by atomic mass is 32.2. The van der Waals surface area contributed by atoms with Crippen molar-refractivity contribution >= 4 is 33.2 Å². The van der Waals surface area contributed by atoms with E-state index in [1.54, 1.807) is 74.7 Å². The Bertz CT molecular complexity index is 1340. The number of para-hydroxylation sites is 3. The zero-order valence-electron chi connectivity index (χ0n) is 21.8. The first-order valence-corrected chi connectivity index (χ1v) is 13.7. The Balaban J connectivity index is 1.91. The maximum absolute atomic E-state index is 13.8. The van der Waals surface area contributed by atoms with E-state index < -0.39 is 22.5 Å². The second kappa shape index (κ2) is 13.6. The molecule has 0 fully saturated rings. The summed E-state index contributed by atoms with van der Waals surface area (Å²) < 4.78 is 39.2. The summed E-state index contributed by atoms with van der Waals surface area (Å²) in [7, 11) is -2.56. The maximum atomic E-state index is 13.8. The van der Waals surface area contributed by atoms with E-state index in [4.69, 9.17) is 9.47 Å². The molecule has 2 amide bonds. The number of hydrogen-bond donors (Lipinski definition) is 2. The molecule has 9 nitrogen and oxygen atoms in total. The number of nitrogens with one attached hydrogen (secondary N) is 2. The van der Waals surface area contributed by atoms with E-state index in [1.165, 1.54) is 12.1 Å². The lowest BCUT2D eigenvalue weighted by atomic mass is 10.1. The summed E-state index contributed by atoms with van der Waals surface area (Å²) in [4.78, 5) is 26.0. The highest BCUT2D eigenvalue weighted by Gasteiger charge is 2.29. The molecule has 0 bridgehead atoms. The molecule has 0 saturated heterocycles. The van der Waals surface area contributed by atoms with Crippen molar-refractivity contribution in [3.63, 3.8) is 0 Å². The highest BCUT2D eigenvalue weighted by Crippen LogP contribution is 2.32. The van der Waals surface area contributed by atoms with Gasteiger partial charge in [-0.1, -0.05) is 42.0 Å². The second-order valence-electron chi connectivity index (χ2n) is 8.42. The Morgan fingerprint density at radius 2 is 1.63 bits per heavy atom.